The van der Waals surface area contributed by atoms with Gasteiger partial charge in [0.05, 0.1) is 0 Å². The number of rotatable bonds is 4. The number of allylic oxidation sites excluding steroid dienone is 2. The van der Waals surface area contributed by atoms with Crippen molar-refractivity contribution in [2.45, 2.75) is 6.55 Å². The van der Waals surface area contributed by atoms with Crippen molar-refractivity contribution < 1.29 is 0 Å². The van der Waals surface area contributed by atoms with Crippen LogP contribution in [0.2, 0.25) is 6.55 Å². The van der Waals surface area contributed by atoms with Crippen molar-refractivity contribution >= 4 is 31.3 Å². The van der Waals surface area contributed by atoms with Crippen LogP contribution in [-0.2, 0) is 0 Å². The van der Waals surface area contributed by atoms with Gasteiger partial charge in [-0.05, 0) is 0 Å². The lowest BCUT2D eigenvalue weighted by atomic mass is 10.6. The molecule has 0 aromatic heterocycles. The van der Waals surface area contributed by atoms with Crippen LogP contribution in [0.15, 0.2) is 24.4 Å². The van der Waals surface area contributed by atoms with Gasteiger partial charge in [-0.25, -0.2) is 0 Å². The van der Waals surface area contributed by atoms with E-state index in [1.807, 2.05) is 6.08 Å². The van der Waals surface area contributed by atoms with Gasteiger partial charge < -0.3 is 0 Å². The average molecular weight is 195 g/mol. The molecule has 0 atom stereocenters. The van der Waals surface area contributed by atoms with Crippen LogP contribution in [0.5, 0.6) is 0 Å². The fraction of sp³-hybridized carbons (Fsp3) is 0.429. The summed E-state index contributed by atoms with van der Waals surface area (Å²) in [6.45, 7) is 5.73. The summed E-state index contributed by atoms with van der Waals surface area (Å²) in [5, 5.41) is 0. The molecule has 58 valence electrons. The molecule has 0 unspecified atom stereocenters. The summed E-state index contributed by atoms with van der Waals surface area (Å²) in [4.78, 5) is 0. The predicted molar refractivity (Wildman–Crippen MR) is 52.4 cm³/mol. The van der Waals surface area contributed by atoms with Crippen molar-refractivity contribution in [2.75, 3.05) is 11.0 Å². The van der Waals surface area contributed by atoms with E-state index in [1.165, 1.54) is 0 Å². The van der Waals surface area contributed by atoms with E-state index < -0.39 is 8.07 Å². The van der Waals surface area contributed by atoms with Crippen molar-refractivity contribution in [1.29, 1.82) is 0 Å². The SMILES string of the molecule is C=C/C=C\[Si](C)(CCl)CCl. The summed E-state index contributed by atoms with van der Waals surface area (Å²) >= 11 is 11.5. The van der Waals surface area contributed by atoms with Crippen molar-refractivity contribution in [3.05, 3.63) is 24.4 Å². The Hall–Kier alpha value is 0.277. The molecule has 0 rings (SSSR count). The van der Waals surface area contributed by atoms with Gasteiger partial charge in [-0.2, -0.15) is 0 Å². The molecular formula is C7H12Cl2Si. The largest absolute Gasteiger partial charge is 0.130 e. The molecule has 0 radical (unpaired) electrons. The van der Waals surface area contributed by atoms with Crippen molar-refractivity contribution in [3.63, 3.8) is 0 Å². The van der Waals surface area contributed by atoms with Gasteiger partial charge in [-0.3, -0.25) is 0 Å². The maximum absolute atomic E-state index is 5.74. The zero-order chi connectivity index (χ0) is 8.04. The maximum Gasteiger partial charge on any atom is 0.105 e. The quantitative estimate of drug-likeness (QED) is 0.367. The number of hydrogen-bond donors (Lipinski definition) is 0. The van der Waals surface area contributed by atoms with Crippen LogP contribution >= 0.6 is 23.2 Å². The lowest BCUT2D eigenvalue weighted by Gasteiger charge is -2.15. The van der Waals surface area contributed by atoms with E-state index in [9.17, 15) is 0 Å². The van der Waals surface area contributed by atoms with Gasteiger partial charge in [0, 0.05) is 11.0 Å². The topological polar surface area (TPSA) is 0 Å². The molecule has 0 aromatic rings. The van der Waals surface area contributed by atoms with E-state index in [2.05, 4.69) is 18.8 Å². The highest BCUT2D eigenvalue weighted by atomic mass is 35.5. The van der Waals surface area contributed by atoms with Gasteiger partial charge in [0.2, 0.25) is 0 Å². The highest BCUT2D eigenvalue weighted by Crippen LogP contribution is 2.08. The fourth-order valence-corrected chi connectivity index (χ4v) is 2.67. The molecule has 0 bridgehead atoms. The first-order valence-electron chi connectivity index (χ1n) is 3.11. The Morgan fingerprint density at radius 2 is 1.90 bits per heavy atom. The van der Waals surface area contributed by atoms with E-state index in [0.717, 1.165) is 0 Å². The number of alkyl halides is 2. The highest BCUT2D eigenvalue weighted by Gasteiger charge is 2.20. The molecule has 0 saturated heterocycles. The summed E-state index contributed by atoms with van der Waals surface area (Å²) < 4.78 is 0. The number of hydrogen-bond acceptors (Lipinski definition) is 0. The molecule has 10 heavy (non-hydrogen) atoms. The third-order valence-electron chi connectivity index (χ3n) is 1.25. The van der Waals surface area contributed by atoms with Gasteiger partial charge in [0.25, 0.3) is 0 Å². The van der Waals surface area contributed by atoms with Gasteiger partial charge in [-0.15, -0.1) is 23.2 Å². The van der Waals surface area contributed by atoms with Crippen LogP contribution in [0.3, 0.4) is 0 Å². The van der Waals surface area contributed by atoms with E-state index in [1.54, 1.807) is 6.08 Å². The minimum atomic E-state index is -1.44. The summed E-state index contributed by atoms with van der Waals surface area (Å²) in [5.74, 6) is 0. The van der Waals surface area contributed by atoms with Crippen LogP contribution in [0, 0.1) is 0 Å². The smallest absolute Gasteiger partial charge is 0.105 e. The Morgan fingerprint density at radius 3 is 2.20 bits per heavy atom. The molecule has 0 aliphatic carbocycles. The summed E-state index contributed by atoms with van der Waals surface area (Å²) in [5.41, 5.74) is 3.47. The minimum absolute atomic E-state index is 0.681. The molecule has 0 aliphatic rings. The zero-order valence-electron chi connectivity index (χ0n) is 6.11. The minimum Gasteiger partial charge on any atom is -0.130 e. The highest BCUT2D eigenvalue weighted by molar-refractivity contribution is 6.92. The Morgan fingerprint density at radius 1 is 1.40 bits per heavy atom. The molecule has 0 aliphatic heterocycles. The van der Waals surface area contributed by atoms with E-state index >= 15 is 0 Å². The lowest BCUT2D eigenvalue weighted by Crippen LogP contribution is -2.33. The first-order chi connectivity index (χ1) is 4.68. The molecule has 0 amide bonds. The molecule has 0 fully saturated rings. The average Bonchev–Trinajstić information content (AvgIpc) is 2.00. The van der Waals surface area contributed by atoms with E-state index in [0.29, 0.717) is 11.0 Å². The van der Waals surface area contributed by atoms with Crippen LogP contribution in [0.4, 0.5) is 0 Å². The summed E-state index contributed by atoms with van der Waals surface area (Å²) in [7, 11) is -1.44. The Labute approximate surface area is 73.5 Å². The lowest BCUT2D eigenvalue weighted by molar-refractivity contribution is 1.68. The normalized spacial score (nSPS) is 12.3. The van der Waals surface area contributed by atoms with Gasteiger partial charge in [0.15, 0.2) is 0 Å². The van der Waals surface area contributed by atoms with E-state index in [-0.39, 0.29) is 0 Å². The summed E-state index contributed by atoms with van der Waals surface area (Å²) in [6.07, 6.45) is 3.68. The summed E-state index contributed by atoms with van der Waals surface area (Å²) in [6, 6.07) is 0. The maximum atomic E-state index is 5.74. The molecule has 0 N–H and O–H groups in total. The van der Waals surface area contributed by atoms with Crippen LogP contribution < -0.4 is 0 Å². The predicted octanol–water partition coefficient (Wildman–Crippen LogP) is 2.90. The first-order valence-corrected chi connectivity index (χ1v) is 7.17. The third kappa shape index (κ3) is 3.45. The second kappa shape index (κ2) is 5.00. The molecule has 0 heterocycles. The molecule has 0 spiro atoms. The van der Waals surface area contributed by atoms with Gasteiger partial charge >= 0.3 is 0 Å². The first kappa shape index (κ1) is 10.3. The standard InChI is InChI=1S/C7H12Cl2Si/c1-3-4-5-10(2,6-8)7-9/h3-5H,1,6-7H2,2H3/b5-4-. The zero-order valence-corrected chi connectivity index (χ0v) is 8.62. The fourth-order valence-electron chi connectivity index (χ4n) is 0.425. The molecule has 0 aromatic carbocycles. The van der Waals surface area contributed by atoms with Crippen LogP contribution in [0.1, 0.15) is 0 Å². The molecular weight excluding hydrogens is 183 g/mol. The third-order valence-corrected chi connectivity index (χ3v) is 7.13. The second-order valence-electron chi connectivity index (χ2n) is 2.52. The van der Waals surface area contributed by atoms with Crippen molar-refractivity contribution in [2.24, 2.45) is 0 Å². The monoisotopic (exact) mass is 194 g/mol. The second-order valence-corrected chi connectivity index (χ2v) is 8.30. The van der Waals surface area contributed by atoms with Crippen molar-refractivity contribution in [3.8, 4) is 0 Å². The van der Waals surface area contributed by atoms with E-state index in [4.69, 9.17) is 23.2 Å². The van der Waals surface area contributed by atoms with Crippen LogP contribution in [-0.4, -0.2) is 19.1 Å². The van der Waals surface area contributed by atoms with Gasteiger partial charge in [0.1, 0.15) is 8.07 Å². The van der Waals surface area contributed by atoms with Crippen LogP contribution in [0.25, 0.3) is 0 Å². The Bertz CT molecular complexity index is 128. The molecule has 0 saturated carbocycles. The van der Waals surface area contributed by atoms with Gasteiger partial charge in [-0.1, -0.05) is 31.0 Å². The van der Waals surface area contributed by atoms with Crippen molar-refractivity contribution in [1.82, 2.24) is 0 Å². The molecule has 3 heteroatoms. The number of halogens is 2. The Balaban J connectivity index is 4.04. The molecule has 0 nitrogen and oxygen atoms in total. The Kier molecular flexibility index (Phi) is 5.14.